The van der Waals surface area contributed by atoms with Gasteiger partial charge in [0.25, 0.3) is 0 Å². The maximum Gasteiger partial charge on any atom is 0.313 e. The van der Waals surface area contributed by atoms with Gasteiger partial charge in [0.15, 0.2) is 0 Å². The summed E-state index contributed by atoms with van der Waals surface area (Å²) in [7, 11) is 4.48. The smallest absolute Gasteiger partial charge is 0.313 e. The molecule has 0 heterocycles. The number of carbonyl (C=O) groups excluding carboxylic acids is 1. The van der Waals surface area contributed by atoms with E-state index in [1.807, 2.05) is 0 Å². The molecule has 0 saturated carbocycles. The van der Waals surface area contributed by atoms with Gasteiger partial charge in [-0.15, -0.1) is 0 Å². The largest absolute Gasteiger partial charge is 0.497 e. The second-order valence-electron chi connectivity index (χ2n) is 4.80. The SMILES string of the molecule is COC(=O)C(C)(C)[C@@H](N)c1ccc(OC)cc1OC. The Bertz CT molecular complexity index is 457. The fourth-order valence-corrected chi connectivity index (χ4v) is 1.85. The second kappa shape index (κ2) is 5.93. The number of esters is 1. The van der Waals surface area contributed by atoms with Gasteiger partial charge in [-0.1, -0.05) is 6.07 Å². The molecule has 0 unspecified atom stereocenters. The van der Waals surface area contributed by atoms with Crippen LogP contribution >= 0.6 is 0 Å². The van der Waals surface area contributed by atoms with E-state index in [0.717, 1.165) is 5.56 Å². The highest BCUT2D eigenvalue weighted by atomic mass is 16.5. The summed E-state index contributed by atoms with van der Waals surface area (Å²) in [6.07, 6.45) is 0. The van der Waals surface area contributed by atoms with Gasteiger partial charge >= 0.3 is 5.97 Å². The predicted molar refractivity (Wildman–Crippen MR) is 72.3 cm³/mol. The van der Waals surface area contributed by atoms with E-state index in [0.29, 0.717) is 11.5 Å². The molecule has 1 rings (SSSR count). The molecule has 1 atom stereocenters. The Morgan fingerprint density at radius 3 is 2.32 bits per heavy atom. The molecule has 106 valence electrons. The highest BCUT2D eigenvalue weighted by molar-refractivity contribution is 5.77. The van der Waals surface area contributed by atoms with Crippen molar-refractivity contribution in [3.8, 4) is 11.5 Å². The van der Waals surface area contributed by atoms with E-state index in [-0.39, 0.29) is 5.97 Å². The monoisotopic (exact) mass is 267 g/mol. The van der Waals surface area contributed by atoms with Crippen LogP contribution in [0.5, 0.6) is 11.5 Å². The lowest BCUT2D eigenvalue weighted by Gasteiger charge is -2.30. The van der Waals surface area contributed by atoms with Gasteiger partial charge in [0.1, 0.15) is 11.5 Å². The number of benzene rings is 1. The first kappa shape index (κ1) is 15.3. The third-order valence-corrected chi connectivity index (χ3v) is 3.26. The van der Waals surface area contributed by atoms with E-state index >= 15 is 0 Å². The molecule has 1 aromatic rings. The summed E-state index contributed by atoms with van der Waals surface area (Å²) >= 11 is 0. The third-order valence-electron chi connectivity index (χ3n) is 3.26. The molecule has 0 spiro atoms. The summed E-state index contributed by atoms with van der Waals surface area (Å²) in [6.45, 7) is 3.49. The molecule has 0 aliphatic rings. The summed E-state index contributed by atoms with van der Waals surface area (Å²) in [5.41, 5.74) is 6.08. The highest BCUT2D eigenvalue weighted by Crippen LogP contribution is 2.38. The Balaban J connectivity index is 3.18. The molecule has 19 heavy (non-hydrogen) atoms. The second-order valence-corrected chi connectivity index (χ2v) is 4.80. The fraction of sp³-hybridized carbons (Fsp3) is 0.500. The van der Waals surface area contributed by atoms with Crippen LogP contribution < -0.4 is 15.2 Å². The molecule has 0 aliphatic heterocycles. The zero-order valence-corrected chi connectivity index (χ0v) is 12.0. The van der Waals surface area contributed by atoms with Gasteiger partial charge in [-0.3, -0.25) is 4.79 Å². The van der Waals surface area contributed by atoms with Crippen LogP contribution in [0, 0.1) is 5.41 Å². The van der Waals surface area contributed by atoms with E-state index in [4.69, 9.17) is 19.9 Å². The van der Waals surface area contributed by atoms with Crippen LogP contribution in [0.15, 0.2) is 18.2 Å². The standard InChI is InChI=1S/C14H21NO4/c1-14(2,13(16)19-5)12(15)10-7-6-9(17-3)8-11(10)18-4/h6-8,12H,15H2,1-5H3/t12-/m0/s1. The van der Waals surface area contributed by atoms with Crippen LogP contribution in [0.4, 0.5) is 0 Å². The van der Waals surface area contributed by atoms with Crippen LogP contribution in [0.1, 0.15) is 25.5 Å². The van der Waals surface area contributed by atoms with Gasteiger partial charge in [0.05, 0.1) is 26.7 Å². The lowest BCUT2D eigenvalue weighted by Crippen LogP contribution is -2.37. The van der Waals surface area contributed by atoms with Gasteiger partial charge in [-0.2, -0.15) is 0 Å². The van der Waals surface area contributed by atoms with Crippen LogP contribution in [-0.4, -0.2) is 27.3 Å². The predicted octanol–water partition coefficient (Wildman–Crippen LogP) is 1.90. The van der Waals surface area contributed by atoms with Gasteiger partial charge in [0.2, 0.25) is 0 Å². The maximum atomic E-state index is 11.8. The van der Waals surface area contributed by atoms with Crippen molar-refractivity contribution in [2.24, 2.45) is 11.1 Å². The van der Waals surface area contributed by atoms with Crippen LogP contribution in [0.2, 0.25) is 0 Å². The Hall–Kier alpha value is -1.75. The molecule has 0 fully saturated rings. The molecule has 0 amide bonds. The number of carbonyl (C=O) groups is 1. The minimum absolute atomic E-state index is 0.363. The molecule has 0 radical (unpaired) electrons. The number of hydrogen-bond donors (Lipinski definition) is 1. The molecular formula is C14H21NO4. The Kier molecular flexibility index (Phi) is 4.78. The van der Waals surface area contributed by atoms with Crippen LogP contribution in [0.3, 0.4) is 0 Å². The van der Waals surface area contributed by atoms with Crippen molar-refractivity contribution in [2.75, 3.05) is 21.3 Å². The first-order valence-corrected chi connectivity index (χ1v) is 5.94. The Morgan fingerprint density at radius 2 is 1.84 bits per heavy atom. The van der Waals surface area contributed by atoms with Crippen molar-refractivity contribution in [1.82, 2.24) is 0 Å². The fourth-order valence-electron chi connectivity index (χ4n) is 1.85. The van der Waals surface area contributed by atoms with Gasteiger partial charge in [-0.25, -0.2) is 0 Å². The summed E-state index contributed by atoms with van der Waals surface area (Å²) in [6, 6.07) is 4.78. The van der Waals surface area contributed by atoms with Crippen molar-refractivity contribution in [3.05, 3.63) is 23.8 Å². The zero-order valence-electron chi connectivity index (χ0n) is 12.0. The van der Waals surface area contributed by atoms with Crippen molar-refractivity contribution >= 4 is 5.97 Å². The Morgan fingerprint density at radius 1 is 1.21 bits per heavy atom. The van der Waals surface area contributed by atoms with E-state index in [9.17, 15) is 4.79 Å². The Labute approximate surface area is 113 Å². The summed E-state index contributed by atoms with van der Waals surface area (Å²) < 4.78 is 15.2. The van der Waals surface area contributed by atoms with Gasteiger partial charge < -0.3 is 19.9 Å². The normalized spacial score (nSPS) is 12.7. The number of hydrogen-bond acceptors (Lipinski definition) is 5. The van der Waals surface area contributed by atoms with E-state index in [2.05, 4.69) is 0 Å². The van der Waals surface area contributed by atoms with E-state index in [1.165, 1.54) is 7.11 Å². The molecule has 0 aromatic heterocycles. The summed E-state index contributed by atoms with van der Waals surface area (Å²) in [5, 5.41) is 0. The van der Waals surface area contributed by atoms with Crippen molar-refractivity contribution < 1.29 is 19.0 Å². The number of rotatable bonds is 5. The average molecular weight is 267 g/mol. The molecule has 0 saturated heterocycles. The molecule has 0 bridgehead atoms. The molecule has 5 nitrogen and oxygen atoms in total. The molecule has 0 aliphatic carbocycles. The summed E-state index contributed by atoms with van der Waals surface area (Å²) in [4.78, 5) is 11.8. The van der Waals surface area contributed by atoms with Gasteiger partial charge in [-0.05, 0) is 19.9 Å². The van der Waals surface area contributed by atoms with Crippen molar-refractivity contribution in [3.63, 3.8) is 0 Å². The topological polar surface area (TPSA) is 70.8 Å². The van der Waals surface area contributed by atoms with E-state index < -0.39 is 11.5 Å². The third kappa shape index (κ3) is 2.98. The summed E-state index contributed by atoms with van der Waals surface area (Å²) in [5.74, 6) is 0.894. The molecule has 5 heteroatoms. The van der Waals surface area contributed by atoms with E-state index in [1.54, 1.807) is 46.3 Å². The van der Waals surface area contributed by atoms with Gasteiger partial charge in [0, 0.05) is 17.7 Å². The lowest BCUT2D eigenvalue weighted by molar-refractivity contribution is -0.152. The first-order chi connectivity index (χ1) is 8.88. The quantitative estimate of drug-likeness (QED) is 0.825. The zero-order chi connectivity index (χ0) is 14.6. The lowest BCUT2D eigenvalue weighted by atomic mass is 9.80. The number of methoxy groups -OCH3 is 3. The van der Waals surface area contributed by atoms with Crippen molar-refractivity contribution in [1.29, 1.82) is 0 Å². The van der Waals surface area contributed by atoms with Crippen molar-refractivity contribution in [2.45, 2.75) is 19.9 Å². The molecular weight excluding hydrogens is 246 g/mol. The minimum atomic E-state index is -0.851. The highest BCUT2D eigenvalue weighted by Gasteiger charge is 2.38. The maximum absolute atomic E-state index is 11.8. The van der Waals surface area contributed by atoms with Crippen LogP contribution in [0.25, 0.3) is 0 Å². The first-order valence-electron chi connectivity index (χ1n) is 5.94. The minimum Gasteiger partial charge on any atom is -0.497 e. The van der Waals surface area contributed by atoms with Crippen LogP contribution in [-0.2, 0) is 9.53 Å². The molecule has 2 N–H and O–H groups in total. The molecule has 1 aromatic carbocycles. The number of nitrogens with two attached hydrogens (primary N) is 1. The number of ether oxygens (including phenoxy) is 3. The average Bonchev–Trinajstić information content (AvgIpc) is 2.44.